The molecule has 4 aromatic rings. The molecule has 3 N–H and O–H groups in total. The molecule has 0 bridgehead atoms. The highest BCUT2D eigenvalue weighted by Gasteiger charge is 2.44. The van der Waals surface area contributed by atoms with Crippen molar-refractivity contribution in [1.29, 1.82) is 0 Å². The van der Waals surface area contributed by atoms with Crippen LogP contribution in [0.1, 0.15) is 16.8 Å². The normalized spacial score (nSPS) is 13.1. The summed E-state index contributed by atoms with van der Waals surface area (Å²) in [5.74, 6) is -0.299. The molecule has 2 aromatic carbocycles. The van der Waals surface area contributed by atoms with Gasteiger partial charge in [0, 0.05) is 24.9 Å². The first-order valence-electron chi connectivity index (χ1n) is 10.9. The fourth-order valence-corrected chi connectivity index (χ4v) is 3.86. The summed E-state index contributed by atoms with van der Waals surface area (Å²) in [6.45, 7) is 0. The molecule has 37 heavy (non-hydrogen) atoms. The molecule has 0 spiro atoms. The summed E-state index contributed by atoms with van der Waals surface area (Å²) < 4.78 is 57.4. The number of hydrogen-bond acceptors (Lipinski definition) is 4. The molecule has 2 heterocycles. The number of aromatic amines is 1. The van der Waals surface area contributed by atoms with Crippen molar-refractivity contribution in [2.24, 2.45) is 0 Å². The molecule has 0 aliphatic heterocycles. The first kappa shape index (κ1) is 26.0. The highest BCUT2D eigenvalue weighted by Crippen LogP contribution is 2.36. The summed E-state index contributed by atoms with van der Waals surface area (Å²) in [6, 6.07) is 18.2. The third-order valence-electron chi connectivity index (χ3n) is 5.38. The Balaban J connectivity index is 1.85. The number of H-pyrrole nitrogens is 1. The van der Waals surface area contributed by atoms with E-state index in [0.717, 1.165) is 17.7 Å². The maximum atomic E-state index is 13.7. The van der Waals surface area contributed by atoms with Crippen molar-refractivity contribution in [3.8, 4) is 5.75 Å². The second kappa shape index (κ2) is 10.9. The van der Waals surface area contributed by atoms with Crippen molar-refractivity contribution in [2.45, 2.75) is 24.5 Å². The van der Waals surface area contributed by atoms with Crippen LogP contribution in [-0.4, -0.2) is 33.7 Å². The molecule has 0 unspecified atom stereocenters. The molecule has 4 rings (SSSR count). The SMILES string of the molecule is O=C(Nc1cc[nH]n1)N[C@@](Cc1ccccc1)(c1cccc(OC(F)(F)C(F)F)c1)c1ccc(Cl)cn1. The summed E-state index contributed by atoms with van der Waals surface area (Å²) in [7, 11) is 0. The Morgan fingerprint density at radius 2 is 1.84 bits per heavy atom. The second-order valence-electron chi connectivity index (χ2n) is 7.96. The van der Waals surface area contributed by atoms with E-state index in [-0.39, 0.29) is 17.8 Å². The Morgan fingerprint density at radius 3 is 2.49 bits per heavy atom. The lowest BCUT2D eigenvalue weighted by molar-refractivity contribution is -0.253. The van der Waals surface area contributed by atoms with E-state index in [4.69, 9.17) is 11.6 Å². The number of amides is 2. The largest absolute Gasteiger partial charge is 0.461 e. The Morgan fingerprint density at radius 1 is 1.05 bits per heavy atom. The number of pyridine rings is 1. The van der Waals surface area contributed by atoms with Gasteiger partial charge in [-0.2, -0.15) is 22.7 Å². The van der Waals surface area contributed by atoms with E-state index in [9.17, 15) is 22.4 Å². The monoisotopic (exact) mass is 533 g/mol. The number of anilines is 1. The van der Waals surface area contributed by atoms with Gasteiger partial charge in [-0.15, -0.1) is 0 Å². The predicted molar refractivity (Wildman–Crippen MR) is 129 cm³/mol. The smallest absolute Gasteiger partial charge is 0.428 e. The second-order valence-corrected chi connectivity index (χ2v) is 8.40. The lowest BCUT2D eigenvalue weighted by atomic mass is 9.80. The van der Waals surface area contributed by atoms with Crippen molar-refractivity contribution in [2.75, 3.05) is 5.32 Å². The van der Waals surface area contributed by atoms with Gasteiger partial charge >= 0.3 is 18.6 Å². The van der Waals surface area contributed by atoms with Crippen molar-refractivity contribution < 1.29 is 27.1 Å². The Hall–Kier alpha value is -4.12. The average molecular weight is 534 g/mol. The number of ether oxygens (including phenoxy) is 1. The van der Waals surface area contributed by atoms with Crippen LogP contribution in [0.2, 0.25) is 5.02 Å². The lowest BCUT2D eigenvalue weighted by Gasteiger charge is -2.35. The third kappa shape index (κ3) is 6.18. The molecule has 1 atom stereocenters. The van der Waals surface area contributed by atoms with E-state index in [2.05, 4.69) is 30.6 Å². The molecular formula is C25H20ClF4N5O2. The highest BCUT2D eigenvalue weighted by atomic mass is 35.5. The molecule has 0 aliphatic carbocycles. The number of hydrogen-bond donors (Lipinski definition) is 3. The zero-order chi connectivity index (χ0) is 26.5. The molecular weight excluding hydrogens is 514 g/mol. The molecule has 2 amide bonds. The molecule has 0 radical (unpaired) electrons. The summed E-state index contributed by atoms with van der Waals surface area (Å²) in [5.41, 5.74) is -0.184. The van der Waals surface area contributed by atoms with Crippen molar-refractivity contribution >= 4 is 23.4 Å². The number of aromatic nitrogens is 3. The Labute approximate surface area is 213 Å². The molecule has 192 valence electrons. The van der Waals surface area contributed by atoms with Gasteiger partial charge in [0.25, 0.3) is 0 Å². The predicted octanol–water partition coefficient (Wildman–Crippen LogP) is 6.00. The van der Waals surface area contributed by atoms with Gasteiger partial charge in [0.2, 0.25) is 0 Å². The topological polar surface area (TPSA) is 91.9 Å². The average Bonchev–Trinajstić information content (AvgIpc) is 3.37. The zero-order valence-corrected chi connectivity index (χ0v) is 19.7. The molecule has 12 heteroatoms. The summed E-state index contributed by atoms with van der Waals surface area (Å²) in [4.78, 5) is 17.6. The number of urea groups is 1. The van der Waals surface area contributed by atoms with Gasteiger partial charge in [-0.05, 0) is 35.4 Å². The van der Waals surface area contributed by atoms with Crippen LogP contribution in [0.5, 0.6) is 5.75 Å². The number of benzene rings is 2. The maximum absolute atomic E-state index is 13.7. The Kier molecular flexibility index (Phi) is 7.63. The fraction of sp³-hybridized carbons (Fsp3) is 0.160. The minimum absolute atomic E-state index is 0.102. The van der Waals surface area contributed by atoms with Crippen LogP contribution in [0.15, 0.2) is 85.2 Å². The number of rotatable bonds is 9. The van der Waals surface area contributed by atoms with Crippen LogP contribution < -0.4 is 15.4 Å². The van der Waals surface area contributed by atoms with Crippen LogP contribution >= 0.6 is 11.6 Å². The number of alkyl halides is 4. The van der Waals surface area contributed by atoms with Crippen LogP contribution in [-0.2, 0) is 12.0 Å². The van der Waals surface area contributed by atoms with Gasteiger partial charge in [0.05, 0.1) is 10.7 Å². The molecule has 0 aliphatic rings. The van der Waals surface area contributed by atoms with Gasteiger partial charge in [0.15, 0.2) is 5.82 Å². The molecule has 2 aromatic heterocycles. The molecule has 7 nitrogen and oxygen atoms in total. The quantitative estimate of drug-likeness (QED) is 0.230. The van der Waals surface area contributed by atoms with Crippen LogP contribution in [0.4, 0.5) is 28.2 Å². The van der Waals surface area contributed by atoms with Gasteiger partial charge in [0.1, 0.15) is 11.3 Å². The Bertz CT molecular complexity index is 1320. The highest BCUT2D eigenvalue weighted by molar-refractivity contribution is 6.30. The van der Waals surface area contributed by atoms with E-state index in [1.165, 1.54) is 24.5 Å². The van der Waals surface area contributed by atoms with E-state index in [1.807, 2.05) is 18.2 Å². The summed E-state index contributed by atoms with van der Waals surface area (Å²) in [6.07, 6.45) is -5.77. The zero-order valence-electron chi connectivity index (χ0n) is 19.0. The summed E-state index contributed by atoms with van der Waals surface area (Å²) >= 11 is 6.05. The first-order chi connectivity index (χ1) is 17.7. The fourth-order valence-electron chi connectivity index (χ4n) is 3.75. The summed E-state index contributed by atoms with van der Waals surface area (Å²) in [5, 5.41) is 12.3. The standard InChI is InChI=1S/C25H20ClF4N5O2/c26-18-9-10-20(31-15-18)24(14-16-5-2-1-3-6-16,34-23(36)33-21-11-12-32-35-21)17-7-4-8-19(13-17)37-25(29,30)22(27)28/h1-13,15,22H,14H2,(H3,32,33,34,35,36)/t24-/m0/s1. The van der Waals surface area contributed by atoms with Crippen LogP contribution in [0.25, 0.3) is 0 Å². The van der Waals surface area contributed by atoms with Crippen molar-refractivity contribution in [3.05, 3.63) is 107 Å². The van der Waals surface area contributed by atoms with Gasteiger partial charge < -0.3 is 10.1 Å². The minimum atomic E-state index is -4.72. The van der Waals surface area contributed by atoms with Crippen molar-refractivity contribution in [1.82, 2.24) is 20.5 Å². The van der Waals surface area contributed by atoms with E-state index >= 15 is 0 Å². The van der Waals surface area contributed by atoms with Crippen LogP contribution in [0.3, 0.4) is 0 Å². The van der Waals surface area contributed by atoms with Gasteiger partial charge in [-0.1, -0.05) is 54.1 Å². The van der Waals surface area contributed by atoms with E-state index < -0.39 is 29.9 Å². The van der Waals surface area contributed by atoms with Gasteiger partial charge in [-0.3, -0.25) is 15.4 Å². The maximum Gasteiger partial charge on any atom is 0.461 e. The van der Waals surface area contributed by atoms with Crippen molar-refractivity contribution in [3.63, 3.8) is 0 Å². The molecule has 0 saturated carbocycles. The lowest BCUT2D eigenvalue weighted by Crippen LogP contribution is -2.50. The molecule has 0 saturated heterocycles. The third-order valence-corrected chi connectivity index (χ3v) is 5.60. The van der Waals surface area contributed by atoms with E-state index in [1.54, 1.807) is 30.3 Å². The number of carbonyl (C=O) groups is 1. The number of carbonyl (C=O) groups excluding carboxylic acids is 1. The van der Waals surface area contributed by atoms with E-state index in [0.29, 0.717) is 10.7 Å². The number of nitrogens with zero attached hydrogens (tertiary/aromatic N) is 2. The first-order valence-corrected chi connectivity index (χ1v) is 11.3. The van der Waals surface area contributed by atoms with Crippen LogP contribution in [0, 0.1) is 0 Å². The number of nitrogens with one attached hydrogen (secondary N) is 3. The molecule has 0 fully saturated rings. The van der Waals surface area contributed by atoms with Gasteiger partial charge in [-0.25, -0.2) is 4.79 Å². The minimum Gasteiger partial charge on any atom is -0.428 e. The number of halogens is 5.